The minimum Gasteiger partial charge on any atom is -0.507 e. The number of carboxylic acids is 1. The van der Waals surface area contributed by atoms with E-state index in [0.717, 1.165) is 12.1 Å². The van der Waals surface area contributed by atoms with Gasteiger partial charge in [-0.25, -0.2) is 9.18 Å². The maximum Gasteiger partial charge on any atom is 0.326 e. The third-order valence-electron chi connectivity index (χ3n) is 2.24. The van der Waals surface area contributed by atoms with E-state index < -0.39 is 41.7 Å². The molecule has 0 aliphatic carbocycles. The molecule has 4 N–H and O–H groups in total. The number of carbonyl (C=O) groups is 2. The van der Waals surface area contributed by atoms with Gasteiger partial charge >= 0.3 is 5.97 Å². The number of phenols is 1. The van der Waals surface area contributed by atoms with Crippen LogP contribution >= 0.6 is 0 Å². The van der Waals surface area contributed by atoms with E-state index in [0.29, 0.717) is 0 Å². The molecule has 0 unspecified atom stereocenters. The van der Waals surface area contributed by atoms with E-state index in [2.05, 4.69) is 0 Å². The second-order valence-electron chi connectivity index (χ2n) is 3.51. The number of aliphatic carboxylic acids is 1. The Morgan fingerprint density at radius 3 is 2.56 bits per heavy atom. The summed E-state index contributed by atoms with van der Waals surface area (Å²) in [7, 11) is 0. The largest absolute Gasteiger partial charge is 0.507 e. The molecule has 7 heteroatoms. The molecule has 0 aliphatic rings. The molecule has 1 atom stereocenters. The Labute approximate surface area is 102 Å². The van der Waals surface area contributed by atoms with Crippen LogP contribution in [0.1, 0.15) is 16.8 Å². The van der Waals surface area contributed by atoms with Crippen molar-refractivity contribution in [3.05, 3.63) is 29.6 Å². The molecule has 0 heterocycles. The third-order valence-corrected chi connectivity index (χ3v) is 2.24. The number of phenolic OH excluding ortho intramolecular Hbond substituents is 1. The van der Waals surface area contributed by atoms with Gasteiger partial charge in [-0.05, 0) is 12.1 Å². The number of carboxylic acid groups (broad SMARTS) is 1. The van der Waals surface area contributed by atoms with Gasteiger partial charge in [-0.1, -0.05) is 6.07 Å². The first-order chi connectivity index (χ1) is 8.47. The second-order valence-corrected chi connectivity index (χ2v) is 3.51. The lowest BCUT2D eigenvalue weighted by molar-refractivity contribution is -0.139. The van der Waals surface area contributed by atoms with Gasteiger partial charge in [-0.3, -0.25) is 4.79 Å². The quantitative estimate of drug-likeness (QED) is 0.598. The van der Waals surface area contributed by atoms with Crippen LogP contribution in [0.3, 0.4) is 0 Å². The summed E-state index contributed by atoms with van der Waals surface area (Å²) in [6.45, 7) is -0.444. The number of nitrogens with one attached hydrogen (secondary N) is 1. The lowest BCUT2D eigenvalue weighted by atomic mass is 10.1. The number of aliphatic hydroxyl groups is 1. The van der Waals surface area contributed by atoms with Gasteiger partial charge in [-0.15, -0.1) is 0 Å². The van der Waals surface area contributed by atoms with Gasteiger partial charge < -0.3 is 20.6 Å². The molecule has 1 aromatic carbocycles. The molecule has 6 nitrogen and oxygen atoms in total. The van der Waals surface area contributed by atoms with Crippen LogP contribution in [0.15, 0.2) is 18.2 Å². The van der Waals surface area contributed by atoms with E-state index in [4.69, 9.17) is 10.2 Å². The number of hydrogen-bond acceptors (Lipinski definition) is 4. The normalized spacial score (nSPS) is 11.9. The van der Waals surface area contributed by atoms with Crippen molar-refractivity contribution < 1.29 is 29.3 Å². The standard InChI is InChI=1S/C11H12FNO5/c12-6-2-1-3-8(15)9(6)10(16)13-7(4-5-14)11(17)18/h1-3,7,14-15H,4-5H2,(H,13,16)(H,17,18)/t7-/m1/s1. The fourth-order valence-electron chi connectivity index (χ4n) is 1.35. The Morgan fingerprint density at radius 1 is 1.39 bits per heavy atom. The molecule has 1 rings (SSSR count). The van der Waals surface area contributed by atoms with Gasteiger partial charge in [0.05, 0.1) is 0 Å². The first-order valence-corrected chi connectivity index (χ1v) is 5.09. The summed E-state index contributed by atoms with van der Waals surface area (Å²) in [5.41, 5.74) is -0.623. The summed E-state index contributed by atoms with van der Waals surface area (Å²) in [6.07, 6.45) is -0.212. The topological polar surface area (TPSA) is 107 Å². The van der Waals surface area contributed by atoms with Crippen molar-refractivity contribution in [2.75, 3.05) is 6.61 Å². The monoisotopic (exact) mass is 257 g/mol. The Bertz CT molecular complexity index is 442. The average molecular weight is 257 g/mol. The zero-order valence-electron chi connectivity index (χ0n) is 9.26. The fourth-order valence-corrected chi connectivity index (χ4v) is 1.35. The number of aromatic hydroxyl groups is 1. The molecule has 98 valence electrons. The van der Waals surface area contributed by atoms with Crippen LogP contribution in [-0.2, 0) is 4.79 Å². The molecule has 0 aromatic heterocycles. The van der Waals surface area contributed by atoms with Crippen LogP contribution in [0.4, 0.5) is 4.39 Å². The highest BCUT2D eigenvalue weighted by atomic mass is 19.1. The van der Waals surface area contributed by atoms with Crippen molar-refractivity contribution in [2.24, 2.45) is 0 Å². The summed E-state index contributed by atoms with van der Waals surface area (Å²) in [4.78, 5) is 22.4. The van der Waals surface area contributed by atoms with Gasteiger partial charge in [0, 0.05) is 13.0 Å². The maximum atomic E-state index is 13.3. The van der Waals surface area contributed by atoms with E-state index in [1.807, 2.05) is 5.32 Å². The smallest absolute Gasteiger partial charge is 0.326 e. The molecule has 0 bridgehead atoms. The second kappa shape index (κ2) is 5.97. The van der Waals surface area contributed by atoms with Crippen molar-refractivity contribution in [1.82, 2.24) is 5.32 Å². The highest BCUT2D eigenvalue weighted by Gasteiger charge is 2.23. The van der Waals surface area contributed by atoms with Gasteiger partial charge in [0.1, 0.15) is 23.2 Å². The number of amides is 1. The highest BCUT2D eigenvalue weighted by Crippen LogP contribution is 2.19. The lowest BCUT2D eigenvalue weighted by Gasteiger charge is -2.14. The maximum absolute atomic E-state index is 13.3. The summed E-state index contributed by atoms with van der Waals surface area (Å²) in [6, 6.07) is 1.95. The zero-order valence-corrected chi connectivity index (χ0v) is 9.26. The Balaban J connectivity index is 2.90. The Hall–Kier alpha value is -2.15. The molecule has 0 fully saturated rings. The van der Waals surface area contributed by atoms with Crippen LogP contribution < -0.4 is 5.32 Å². The van der Waals surface area contributed by atoms with E-state index in [-0.39, 0.29) is 6.42 Å². The number of rotatable bonds is 5. The summed E-state index contributed by atoms with van der Waals surface area (Å²) < 4.78 is 13.3. The lowest BCUT2D eigenvalue weighted by Crippen LogP contribution is -2.41. The predicted octanol–water partition coefficient (Wildman–Crippen LogP) is 0.0967. The van der Waals surface area contributed by atoms with Gasteiger partial charge in [0.2, 0.25) is 0 Å². The Kier molecular flexibility index (Phi) is 4.61. The SMILES string of the molecule is O=C(N[C@H](CCO)C(=O)O)c1c(O)cccc1F. The minimum absolute atomic E-state index is 0.212. The number of carbonyl (C=O) groups excluding carboxylic acids is 1. The van der Waals surface area contributed by atoms with Crippen LogP contribution in [-0.4, -0.2) is 39.8 Å². The van der Waals surface area contributed by atoms with Crippen LogP contribution in [0.5, 0.6) is 5.75 Å². The molecule has 1 aromatic rings. The molecule has 0 radical (unpaired) electrons. The van der Waals surface area contributed by atoms with Crippen molar-refractivity contribution in [1.29, 1.82) is 0 Å². The van der Waals surface area contributed by atoms with Crippen molar-refractivity contribution in [2.45, 2.75) is 12.5 Å². The number of hydrogen-bond donors (Lipinski definition) is 4. The molecule has 0 saturated carbocycles. The average Bonchev–Trinajstić information content (AvgIpc) is 2.28. The molecular formula is C11H12FNO5. The summed E-state index contributed by atoms with van der Waals surface area (Å²) in [5.74, 6) is -3.94. The van der Waals surface area contributed by atoms with Gasteiger partial charge in [0.25, 0.3) is 5.91 Å². The van der Waals surface area contributed by atoms with E-state index in [9.17, 15) is 19.1 Å². The van der Waals surface area contributed by atoms with Crippen molar-refractivity contribution in [3.63, 3.8) is 0 Å². The summed E-state index contributed by atoms with van der Waals surface area (Å²) >= 11 is 0. The number of aliphatic hydroxyl groups excluding tert-OH is 1. The highest BCUT2D eigenvalue weighted by molar-refractivity contribution is 5.99. The van der Waals surface area contributed by atoms with Crippen LogP contribution in [0.2, 0.25) is 0 Å². The fraction of sp³-hybridized carbons (Fsp3) is 0.273. The van der Waals surface area contributed by atoms with Crippen LogP contribution in [0.25, 0.3) is 0 Å². The number of halogens is 1. The Morgan fingerprint density at radius 2 is 2.06 bits per heavy atom. The van der Waals surface area contributed by atoms with Crippen molar-refractivity contribution in [3.8, 4) is 5.75 Å². The van der Waals surface area contributed by atoms with E-state index >= 15 is 0 Å². The molecular weight excluding hydrogens is 245 g/mol. The summed E-state index contributed by atoms with van der Waals surface area (Å²) in [5, 5.41) is 28.8. The molecule has 0 aliphatic heterocycles. The van der Waals surface area contributed by atoms with Gasteiger partial charge in [0.15, 0.2) is 0 Å². The number of benzene rings is 1. The molecule has 0 spiro atoms. The molecule has 0 saturated heterocycles. The van der Waals surface area contributed by atoms with Crippen LogP contribution in [0, 0.1) is 5.82 Å². The van der Waals surface area contributed by atoms with Gasteiger partial charge in [-0.2, -0.15) is 0 Å². The minimum atomic E-state index is -1.35. The van der Waals surface area contributed by atoms with E-state index in [1.54, 1.807) is 0 Å². The first kappa shape index (κ1) is 13.9. The van der Waals surface area contributed by atoms with Crippen molar-refractivity contribution >= 4 is 11.9 Å². The predicted molar refractivity (Wildman–Crippen MR) is 58.7 cm³/mol. The molecule has 1 amide bonds. The third kappa shape index (κ3) is 3.17. The molecule has 18 heavy (non-hydrogen) atoms. The van der Waals surface area contributed by atoms with E-state index in [1.165, 1.54) is 6.07 Å². The zero-order chi connectivity index (χ0) is 13.7. The first-order valence-electron chi connectivity index (χ1n) is 5.09.